The third-order valence-electron chi connectivity index (χ3n) is 4.60. The van der Waals surface area contributed by atoms with Crippen LogP contribution in [-0.2, 0) is 16.6 Å². The van der Waals surface area contributed by atoms with E-state index in [0.717, 1.165) is 27.6 Å². The van der Waals surface area contributed by atoms with Crippen molar-refractivity contribution in [2.45, 2.75) is 18.4 Å². The maximum atomic E-state index is 12.2. The topological polar surface area (TPSA) is 96.5 Å². The largest absolute Gasteiger partial charge is 0.497 e. The number of nitrogens with one attached hydrogen (secondary N) is 3. The van der Waals surface area contributed by atoms with Gasteiger partial charge < -0.3 is 15.4 Å². The zero-order chi connectivity index (χ0) is 21.6. The van der Waals surface area contributed by atoms with Crippen molar-refractivity contribution < 1.29 is 17.9 Å². The van der Waals surface area contributed by atoms with Crippen LogP contribution in [0.3, 0.4) is 0 Å². The monoisotopic (exact) mass is 427 g/mol. The highest BCUT2D eigenvalue weighted by atomic mass is 32.2. The summed E-state index contributed by atoms with van der Waals surface area (Å²) in [6, 6.07) is 18.0. The van der Waals surface area contributed by atoms with Crippen LogP contribution in [0.5, 0.6) is 5.75 Å². The van der Waals surface area contributed by atoms with E-state index < -0.39 is 10.0 Å². The molecule has 158 valence electrons. The second-order valence-electron chi connectivity index (χ2n) is 6.87. The maximum Gasteiger partial charge on any atom is 0.315 e. The van der Waals surface area contributed by atoms with Crippen molar-refractivity contribution in [1.82, 2.24) is 15.4 Å². The summed E-state index contributed by atoms with van der Waals surface area (Å²) < 4.78 is 32.1. The Balaban J connectivity index is 1.43. The van der Waals surface area contributed by atoms with E-state index in [2.05, 4.69) is 15.4 Å². The van der Waals surface area contributed by atoms with E-state index in [-0.39, 0.29) is 24.0 Å². The molecule has 0 bridgehead atoms. The first-order valence-corrected chi connectivity index (χ1v) is 11.0. The fourth-order valence-electron chi connectivity index (χ4n) is 2.92. The van der Waals surface area contributed by atoms with Crippen LogP contribution < -0.4 is 20.1 Å². The summed E-state index contributed by atoms with van der Waals surface area (Å²) in [5, 5.41) is 7.53. The van der Waals surface area contributed by atoms with Crippen molar-refractivity contribution in [3.8, 4) is 5.75 Å². The highest BCUT2D eigenvalue weighted by Crippen LogP contribution is 2.21. The number of aryl methyl sites for hydroxylation is 1. The van der Waals surface area contributed by atoms with Crippen LogP contribution >= 0.6 is 0 Å². The van der Waals surface area contributed by atoms with E-state index in [0.29, 0.717) is 6.54 Å². The fourth-order valence-corrected chi connectivity index (χ4v) is 3.95. The normalized spacial score (nSPS) is 11.3. The molecule has 0 spiro atoms. The number of benzene rings is 3. The van der Waals surface area contributed by atoms with Gasteiger partial charge in [0.05, 0.1) is 12.0 Å². The van der Waals surface area contributed by atoms with Crippen molar-refractivity contribution in [2.24, 2.45) is 0 Å². The molecule has 0 radical (unpaired) electrons. The van der Waals surface area contributed by atoms with E-state index in [9.17, 15) is 13.2 Å². The third-order valence-corrected chi connectivity index (χ3v) is 6.08. The summed E-state index contributed by atoms with van der Waals surface area (Å²) in [7, 11) is -1.96. The Morgan fingerprint density at radius 3 is 2.33 bits per heavy atom. The van der Waals surface area contributed by atoms with Gasteiger partial charge in [-0.3, -0.25) is 0 Å². The molecule has 0 aliphatic rings. The lowest BCUT2D eigenvalue weighted by Gasteiger charge is -2.10. The van der Waals surface area contributed by atoms with Crippen molar-refractivity contribution >= 4 is 26.8 Å². The molecule has 0 heterocycles. The van der Waals surface area contributed by atoms with Gasteiger partial charge in [-0.25, -0.2) is 17.9 Å². The third kappa shape index (κ3) is 5.71. The first kappa shape index (κ1) is 21.6. The quantitative estimate of drug-likeness (QED) is 0.482. The second kappa shape index (κ2) is 9.60. The number of fused-ring (bicyclic) bond motifs is 1. The first-order valence-electron chi connectivity index (χ1n) is 9.52. The van der Waals surface area contributed by atoms with Crippen molar-refractivity contribution in [2.75, 3.05) is 20.2 Å². The minimum absolute atomic E-state index is 0.0986. The summed E-state index contributed by atoms with van der Waals surface area (Å²) >= 11 is 0. The van der Waals surface area contributed by atoms with Crippen LogP contribution in [0.2, 0.25) is 0 Å². The molecular weight excluding hydrogens is 402 g/mol. The predicted molar refractivity (Wildman–Crippen MR) is 117 cm³/mol. The van der Waals surface area contributed by atoms with Crippen LogP contribution in [0, 0.1) is 6.92 Å². The van der Waals surface area contributed by atoms with Gasteiger partial charge >= 0.3 is 6.03 Å². The molecule has 30 heavy (non-hydrogen) atoms. The number of hydrogen-bond donors (Lipinski definition) is 3. The van der Waals surface area contributed by atoms with Gasteiger partial charge in [0.1, 0.15) is 5.75 Å². The highest BCUT2D eigenvalue weighted by Gasteiger charge is 2.12. The van der Waals surface area contributed by atoms with Gasteiger partial charge in [0.25, 0.3) is 0 Å². The van der Waals surface area contributed by atoms with Crippen LogP contribution in [0.4, 0.5) is 4.79 Å². The molecule has 0 aromatic heterocycles. The number of carbonyl (C=O) groups excluding carboxylic acids is 1. The van der Waals surface area contributed by atoms with E-state index in [1.807, 2.05) is 43.3 Å². The molecule has 3 aromatic rings. The standard InChI is InChI=1S/C22H25N3O4S/c1-16-3-9-21(10-4-16)30(27,28)25-12-11-23-22(26)24-15-17-5-6-19-14-20(29-2)8-7-18(19)13-17/h3-10,13-14,25H,11-12,15H2,1-2H3,(H2,23,24,26). The Morgan fingerprint density at radius 2 is 1.60 bits per heavy atom. The Bertz CT molecular complexity index is 1130. The number of methoxy groups -OCH3 is 1. The fraction of sp³-hybridized carbons (Fsp3) is 0.227. The molecular formula is C22H25N3O4S. The molecule has 2 amide bonds. The number of amides is 2. The molecule has 0 atom stereocenters. The lowest BCUT2D eigenvalue weighted by Crippen LogP contribution is -2.40. The minimum Gasteiger partial charge on any atom is -0.497 e. The van der Waals surface area contributed by atoms with E-state index in [1.165, 1.54) is 0 Å². The molecule has 0 fully saturated rings. The van der Waals surface area contributed by atoms with Gasteiger partial charge in [0.15, 0.2) is 0 Å². The molecule has 3 N–H and O–H groups in total. The van der Waals surface area contributed by atoms with Gasteiger partial charge in [-0.15, -0.1) is 0 Å². The number of ether oxygens (including phenoxy) is 1. The Hall–Kier alpha value is -3.10. The van der Waals surface area contributed by atoms with Crippen LogP contribution in [0.15, 0.2) is 65.6 Å². The Morgan fingerprint density at radius 1 is 0.900 bits per heavy atom. The molecule has 0 aliphatic heterocycles. The zero-order valence-electron chi connectivity index (χ0n) is 16.9. The average Bonchev–Trinajstić information content (AvgIpc) is 2.75. The van der Waals surface area contributed by atoms with Gasteiger partial charge in [-0.1, -0.05) is 35.9 Å². The van der Waals surface area contributed by atoms with Crippen molar-refractivity contribution in [1.29, 1.82) is 0 Å². The summed E-state index contributed by atoms with van der Waals surface area (Å²) in [6.07, 6.45) is 0. The molecule has 3 aromatic carbocycles. The zero-order valence-corrected chi connectivity index (χ0v) is 17.8. The minimum atomic E-state index is -3.59. The summed E-state index contributed by atoms with van der Waals surface area (Å²) in [5.41, 5.74) is 1.95. The van der Waals surface area contributed by atoms with Crippen LogP contribution in [-0.4, -0.2) is 34.6 Å². The number of carbonyl (C=O) groups is 1. The summed E-state index contributed by atoms with van der Waals surface area (Å²) in [4.78, 5) is 12.2. The lowest BCUT2D eigenvalue weighted by atomic mass is 10.1. The van der Waals surface area contributed by atoms with E-state index in [4.69, 9.17) is 4.74 Å². The Kier molecular flexibility index (Phi) is 6.91. The Labute approximate surface area is 176 Å². The van der Waals surface area contributed by atoms with Crippen LogP contribution in [0.25, 0.3) is 10.8 Å². The summed E-state index contributed by atoms with van der Waals surface area (Å²) in [6.45, 7) is 2.53. The molecule has 0 aliphatic carbocycles. The maximum absolute atomic E-state index is 12.2. The van der Waals surface area contributed by atoms with E-state index in [1.54, 1.807) is 31.4 Å². The molecule has 0 saturated heterocycles. The molecule has 0 unspecified atom stereocenters. The number of urea groups is 1. The van der Waals surface area contributed by atoms with Gasteiger partial charge in [-0.2, -0.15) is 0 Å². The van der Waals surface area contributed by atoms with Gasteiger partial charge in [-0.05, 0) is 53.6 Å². The summed E-state index contributed by atoms with van der Waals surface area (Å²) in [5.74, 6) is 0.797. The first-order chi connectivity index (χ1) is 14.4. The van der Waals surface area contributed by atoms with Crippen molar-refractivity contribution in [3.63, 3.8) is 0 Å². The molecule has 3 rings (SSSR count). The predicted octanol–water partition coefficient (Wildman–Crippen LogP) is 2.93. The van der Waals surface area contributed by atoms with Crippen molar-refractivity contribution in [3.05, 3.63) is 71.8 Å². The lowest BCUT2D eigenvalue weighted by molar-refractivity contribution is 0.240. The number of hydrogen-bond acceptors (Lipinski definition) is 4. The number of sulfonamides is 1. The smallest absolute Gasteiger partial charge is 0.315 e. The molecule has 0 saturated carbocycles. The average molecular weight is 428 g/mol. The second-order valence-corrected chi connectivity index (χ2v) is 8.63. The molecule has 7 nitrogen and oxygen atoms in total. The highest BCUT2D eigenvalue weighted by molar-refractivity contribution is 7.89. The molecule has 8 heteroatoms. The van der Waals surface area contributed by atoms with Gasteiger partial charge in [0.2, 0.25) is 10.0 Å². The van der Waals surface area contributed by atoms with Crippen LogP contribution in [0.1, 0.15) is 11.1 Å². The van der Waals surface area contributed by atoms with Gasteiger partial charge in [0, 0.05) is 19.6 Å². The SMILES string of the molecule is COc1ccc2cc(CNC(=O)NCCNS(=O)(=O)c3ccc(C)cc3)ccc2c1. The van der Waals surface area contributed by atoms with E-state index >= 15 is 0 Å². The number of rotatable bonds is 8.